The molecule has 1 heterocycles. The maximum Gasteiger partial charge on any atom is 0.313 e. The number of halogens is 2. The summed E-state index contributed by atoms with van der Waals surface area (Å²) in [5.74, 6) is -2.19. The highest BCUT2D eigenvalue weighted by Gasteiger charge is 2.17. The van der Waals surface area contributed by atoms with Gasteiger partial charge in [-0.05, 0) is 22.0 Å². The van der Waals surface area contributed by atoms with Gasteiger partial charge in [-0.1, -0.05) is 0 Å². The minimum atomic E-state index is -0.765. The van der Waals surface area contributed by atoms with Crippen molar-refractivity contribution in [1.29, 1.82) is 0 Å². The Hall–Kier alpha value is -1.30. The van der Waals surface area contributed by atoms with Crippen molar-refractivity contribution in [2.24, 2.45) is 0 Å². The van der Waals surface area contributed by atoms with Gasteiger partial charge in [0.05, 0.1) is 7.11 Å². The third-order valence-electron chi connectivity index (χ3n) is 1.60. The van der Waals surface area contributed by atoms with Crippen molar-refractivity contribution in [3.63, 3.8) is 0 Å². The van der Waals surface area contributed by atoms with Crippen LogP contribution in [0.1, 0.15) is 16.9 Å². The molecule has 15 heavy (non-hydrogen) atoms. The Labute approximate surface area is 93.6 Å². The molecule has 1 aromatic heterocycles. The average Bonchev–Trinajstić information content (AvgIpc) is 2.17. The van der Waals surface area contributed by atoms with Crippen molar-refractivity contribution in [2.45, 2.75) is 6.42 Å². The van der Waals surface area contributed by atoms with E-state index in [1.54, 1.807) is 0 Å². The van der Waals surface area contributed by atoms with E-state index < -0.39 is 24.0 Å². The largest absolute Gasteiger partial charge is 0.469 e. The SMILES string of the molecule is COC(=O)CC(=O)c1ncc(Br)cc1F. The van der Waals surface area contributed by atoms with Crippen LogP contribution in [-0.4, -0.2) is 23.8 Å². The van der Waals surface area contributed by atoms with Gasteiger partial charge in [0.1, 0.15) is 12.1 Å². The van der Waals surface area contributed by atoms with E-state index in [9.17, 15) is 14.0 Å². The van der Waals surface area contributed by atoms with Gasteiger partial charge in [0, 0.05) is 10.7 Å². The van der Waals surface area contributed by atoms with Gasteiger partial charge in [-0.15, -0.1) is 0 Å². The number of rotatable bonds is 3. The molecule has 1 aromatic rings. The van der Waals surface area contributed by atoms with Crippen LogP contribution in [0.3, 0.4) is 0 Å². The molecule has 0 saturated carbocycles. The highest BCUT2D eigenvalue weighted by atomic mass is 79.9. The molecule has 0 fully saturated rings. The first-order valence-corrected chi connectivity index (χ1v) is 4.75. The number of Topliss-reactive ketones (excluding diaryl/α,β-unsaturated/α-hetero) is 1. The van der Waals surface area contributed by atoms with Crippen molar-refractivity contribution >= 4 is 27.7 Å². The number of ether oxygens (including phenoxy) is 1. The summed E-state index contributed by atoms with van der Waals surface area (Å²) < 4.78 is 17.9. The molecule has 0 aliphatic heterocycles. The lowest BCUT2D eigenvalue weighted by atomic mass is 10.2. The summed E-state index contributed by atoms with van der Waals surface area (Å²) in [6.07, 6.45) is 0.773. The Bertz CT molecular complexity index is 408. The molecule has 0 aliphatic carbocycles. The summed E-state index contributed by atoms with van der Waals surface area (Å²) in [4.78, 5) is 25.7. The lowest BCUT2D eigenvalue weighted by Gasteiger charge is -2.00. The third-order valence-corrected chi connectivity index (χ3v) is 2.04. The quantitative estimate of drug-likeness (QED) is 0.479. The van der Waals surface area contributed by atoms with E-state index in [2.05, 4.69) is 25.7 Å². The molecule has 6 heteroatoms. The van der Waals surface area contributed by atoms with Crippen LogP contribution >= 0.6 is 15.9 Å². The summed E-state index contributed by atoms with van der Waals surface area (Å²) >= 11 is 3.00. The Balaban J connectivity index is 2.87. The zero-order chi connectivity index (χ0) is 11.4. The molecular formula is C9H7BrFNO3. The van der Waals surface area contributed by atoms with E-state index in [1.807, 2.05) is 0 Å². The summed E-state index contributed by atoms with van der Waals surface area (Å²) in [5.41, 5.74) is -0.358. The smallest absolute Gasteiger partial charge is 0.313 e. The monoisotopic (exact) mass is 275 g/mol. The highest BCUT2D eigenvalue weighted by Crippen LogP contribution is 2.13. The second kappa shape index (κ2) is 4.97. The number of carbonyl (C=O) groups excluding carboxylic acids is 2. The number of aromatic nitrogens is 1. The van der Waals surface area contributed by atoms with Crippen molar-refractivity contribution in [3.05, 3.63) is 28.2 Å². The van der Waals surface area contributed by atoms with Crippen molar-refractivity contribution in [3.8, 4) is 0 Å². The van der Waals surface area contributed by atoms with Gasteiger partial charge in [-0.25, -0.2) is 9.37 Å². The zero-order valence-corrected chi connectivity index (χ0v) is 9.38. The molecule has 0 bridgehead atoms. The number of nitrogens with zero attached hydrogens (tertiary/aromatic N) is 1. The van der Waals surface area contributed by atoms with Gasteiger partial charge in [-0.2, -0.15) is 0 Å². The van der Waals surface area contributed by atoms with Gasteiger partial charge >= 0.3 is 5.97 Å². The Morgan fingerprint density at radius 2 is 2.27 bits per heavy atom. The second-order valence-corrected chi connectivity index (χ2v) is 3.58. The van der Waals surface area contributed by atoms with Crippen molar-refractivity contribution in [2.75, 3.05) is 7.11 Å². The van der Waals surface area contributed by atoms with Crippen LogP contribution in [-0.2, 0) is 9.53 Å². The van der Waals surface area contributed by atoms with Crippen LogP contribution in [0.2, 0.25) is 0 Å². The highest BCUT2D eigenvalue weighted by molar-refractivity contribution is 9.10. The minimum Gasteiger partial charge on any atom is -0.469 e. The molecule has 0 saturated heterocycles. The fraction of sp³-hybridized carbons (Fsp3) is 0.222. The molecule has 0 aliphatic rings. The van der Waals surface area contributed by atoms with Crippen LogP contribution < -0.4 is 0 Å². The van der Waals surface area contributed by atoms with Gasteiger partial charge in [0.15, 0.2) is 11.6 Å². The van der Waals surface area contributed by atoms with E-state index in [-0.39, 0.29) is 5.69 Å². The van der Waals surface area contributed by atoms with Crippen LogP contribution in [0.4, 0.5) is 4.39 Å². The molecule has 4 nitrogen and oxygen atoms in total. The number of carbonyl (C=O) groups is 2. The minimum absolute atomic E-state index is 0.358. The first kappa shape index (κ1) is 11.8. The topological polar surface area (TPSA) is 56.3 Å². The normalized spacial score (nSPS) is 9.80. The van der Waals surface area contributed by atoms with Gasteiger partial charge in [-0.3, -0.25) is 9.59 Å². The first-order chi connectivity index (χ1) is 7.04. The molecule has 0 radical (unpaired) electrons. The van der Waals surface area contributed by atoms with E-state index in [4.69, 9.17) is 0 Å². The number of esters is 1. The number of pyridine rings is 1. The maximum atomic E-state index is 13.2. The first-order valence-electron chi connectivity index (χ1n) is 3.95. The zero-order valence-electron chi connectivity index (χ0n) is 7.79. The van der Waals surface area contributed by atoms with Crippen LogP contribution in [0.25, 0.3) is 0 Å². The second-order valence-electron chi connectivity index (χ2n) is 2.66. The molecule has 0 unspecified atom stereocenters. The molecule has 0 spiro atoms. The average molecular weight is 276 g/mol. The molecule has 0 amide bonds. The summed E-state index contributed by atoms with van der Waals surface area (Å²) in [6, 6.07) is 1.11. The Morgan fingerprint density at radius 1 is 1.60 bits per heavy atom. The molecular weight excluding hydrogens is 269 g/mol. The summed E-state index contributed by atoms with van der Waals surface area (Å²) in [5, 5.41) is 0. The third kappa shape index (κ3) is 3.09. The molecule has 0 aromatic carbocycles. The summed E-state index contributed by atoms with van der Waals surface area (Å²) in [7, 11) is 1.15. The molecule has 80 valence electrons. The predicted molar refractivity (Wildman–Crippen MR) is 52.9 cm³/mol. The summed E-state index contributed by atoms with van der Waals surface area (Å²) in [6.45, 7) is 0. The van der Waals surface area contributed by atoms with Crippen molar-refractivity contribution < 1.29 is 18.7 Å². The maximum absolute atomic E-state index is 13.2. The molecule has 1 rings (SSSR count). The van der Waals surface area contributed by atoms with Crippen LogP contribution in [0, 0.1) is 5.82 Å². The van der Waals surface area contributed by atoms with E-state index in [1.165, 1.54) is 6.20 Å². The van der Waals surface area contributed by atoms with Gasteiger partial charge in [0.2, 0.25) is 0 Å². The van der Waals surface area contributed by atoms with E-state index in [0.717, 1.165) is 13.2 Å². The number of ketones is 1. The number of hydrogen-bond acceptors (Lipinski definition) is 4. The lowest BCUT2D eigenvalue weighted by molar-refractivity contribution is -0.139. The van der Waals surface area contributed by atoms with Gasteiger partial charge in [0.25, 0.3) is 0 Å². The standard InChI is InChI=1S/C9H7BrFNO3/c1-15-8(14)3-7(13)9-6(11)2-5(10)4-12-9/h2,4H,3H2,1H3. The fourth-order valence-corrected chi connectivity index (χ4v) is 1.21. The number of hydrogen-bond donors (Lipinski definition) is 0. The predicted octanol–water partition coefficient (Wildman–Crippen LogP) is 1.73. The van der Waals surface area contributed by atoms with Crippen LogP contribution in [0.15, 0.2) is 16.7 Å². The van der Waals surface area contributed by atoms with Crippen LogP contribution in [0.5, 0.6) is 0 Å². The van der Waals surface area contributed by atoms with Gasteiger partial charge < -0.3 is 4.74 Å². The number of methoxy groups -OCH3 is 1. The Kier molecular flexibility index (Phi) is 3.90. The molecule has 0 atom stereocenters. The van der Waals surface area contributed by atoms with E-state index in [0.29, 0.717) is 4.47 Å². The Morgan fingerprint density at radius 3 is 2.80 bits per heavy atom. The van der Waals surface area contributed by atoms with Crippen molar-refractivity contribution in [1.82, 2.24) is 4.98 Å². The molecule has 0 N–H and O–H groups in total. The fourth-order valence-electron chi connectivity index (χ4n) is 0.907. The lowest BCUT2D eigenvalue weighted by Crippen LogP contribution is -2.12. The van der Waals surface area contributed by atoms with E-state index >= 15 is 0 Å².